The van der Waals surface area contributed by atoms with Crippen molar-refractivity contribution in [2.45, 2.75) is 19.4 Å². The highest BCUT2D eigenvalue weighted by molar-refractivity contribution is 7.89. The van der Waals surface area contributed by atoms with Gasteiger partial charge in [-0.25, -0.2) is 18.1 Å². The van der Waals surface area contributed by atoms with Gasteiger partial charge in [-0.2, -0.15) is 0 Å². The third-order valence-electron chi connectivity index (χ3n) is 2.09. The minimum atomic E-state index is -3.52. The summed E-state index contributed by atoms with van der Waals surface area (Å²) >= 11 is 0. The van der Waals surface area contributed by atoms with Gasteiger partial charge in [-0.05, 0) is 6.92 Å². The molecule has 0 radical (unpaired) electrons. The molecule has 8 heteroatoms. The van der Waals surface area contributed by atoms with Gasteiger partial charge in [-0.15, -0.1) is 0 Å². The lowest BCUT2D eigenvalue weighted by Crippen LogP contribution is -2.30. The Morgan fingerprint density at radius 3 is 2.88 bits per heavy atom. The SMILES string of the molecule is COC(=O)CCS(=O)(=O)NC(C)c1ncc[nH]1. The molecule has 0 aliphatic heterocycles. The number of imidazole rings is 1. The molecule has 0 saturated heterocycles. The summed E-state index contributed by atoms with van der Waals surface area (Å²) in [5.74, 6) is -0.335. The van der Waals surface area contributed by atoms with Crippen molar-refractivity contribution >= 4 is 16.0 Å². The molecule has 2 N–H and O–H groups in total. The number of nitrogens with one attached hydrogen (secondary N) is 2. The van der Waals surface area contributed by atoms with Gasteiger partial charge in [0.25, 0.3) is 0 Å². The summed E-state index contributed by atoms with van der Waals surface area (Å²) in [7, 11) is -2.31. The fourth-order valence-corrected chi connectivity index (χ4v) is 2.42. The van der Waals surface area contributed by atoms with Crippen molar-refractivity contribution in [2.75, 3.05) is 12.9 Å². The Balaban J connectivity index is 2.52. The third-order valence-corrected chi connectivity index (χ3v) is 3.54. The number of aromatic nitrogens is 2. The number of hydrogen-bond acceptors (Lipinski definition) is 5. The van der Waals surface area contributed by atoms with E-state index in [2.05, 4.69) is 19.4 Å². The topological polar surface area (TPSA) is 101 Å². The van der Waals surface area contributed by atoms with Crippen molar-refractivity contribution in [1.29, 1.82) is 0 Å². The van der Waals surface area contributed by atoms with Crippen LogP contribution in [0.5, 0.6) is 0 Å². The van der Waals surface area contributed by atoms with Crippen LogP contribution in [0.15, 0.2) is 12.4 Å². The summed E-state index contributed by atoms with van der Waals surface area (Å²) < 4.78 is 30.0. The summed E-state index contributed by atoms with van der Waals surface area (Å²) in [4.78, 5) is 17.6. The summed E-state index contributed by atoms with van der Waals surface area (Å²) in [5, 5.41) is 0. The zero-order chi connectivity index (χ0) is 12.9. The monoisotopic (exact) mass is 261 g/mol. The van der Waals surface area contributed by atoms with Crippen LogP contribution in [0.4, 0.5) is 0 Å². The molecule has 1 unspecified atom stereocenters. The van der Waals surface area contributed by atoms with Gasteiger partial charge in [-0.3, -0.25) is 4.79 Å². The van der Waals surface area contributed by atoms with Crippen LogP contribution in [0.25, 0.3) is 0 Å². The van der Waals surface area contributed by atoms with E-state index in [1.54, 1.807) is 13.1 Å². The number of ether oxygens (including phenoxy) is 1. The number of sulfonamides is 1. The average molecular weight is 261 g/mol. The Labute approximate surface area is 99.6 Å². The van der Waals surface area contributed by atoms with Crippen molar-refractivity contribution in [1.82, 2.24) is 14.7 Å². The molecule has 1 heterocycles. The number of nitrogens with zero attached hydrogens (tertiary/aromatic N) is 1. The van der Waals surface area contributed by atoms with Crippen molar-refractivity contribution in [3.8, 4) is 0 Å². The zero-order valence-corrected chi connectivity index (χ0v) is 10.5. The van der Waals surface area contributed by atoms with Gasteiger partial charge < -0.3 is 9.72 Å². The molecule has 96 valence electrons. The highest BCUT2D eigenvalue weighted by atomic mass is 32.2. The third kappa shape index (κ3) is 4.53. The van der Waals surface area contributed by atoms with E-state index in [4.69, 9.17) is 0 Å². The first-order valence-electron chi connectivity index (χ1n) is 5.00. The van der Waals surface area contributed by atoms with Crippen molar-refractivity contribution in [3.63, 3.8) is 0 Å². The second kappa shape index (κ2) is 5.78. The molecule has 1 rings (SSSR count). The van der Waals surface area contributed by atoms with Crippen LogP contribution in [0.3, 0.4) is 0 Å². The van der Waals surface area contributed by atoms with Gasteiger partial charge in [0.2, 0.25) is 10.0 Å². The fourth-order valence-electron chi connectivity index (χ4n) is 1.22. The average Bonchev–Trinajstić information content (AvgIpc) is 2.78. The maximum absolute atomic E-state index is 11.6. The van der Waals surface area contributed by atoms with E-state index in [1.165, 1.54) is 13.3 Å². The first-order chi connectivity index (χ1) is 7.94. The van der Waals surface area contributed by atoms with Crippen LogP contribution in [0.2, 0.25) is 0 Å². The minimum absolute atomic E-state index is 0.170. The Hall–Kier alpha value is -1.41. The predicted octanol–water partition coefficient (Wildman–Crippen LogP) is -0.0468. The Kier molecular flexibility index (Phi) is 4.64. The van der Waals surface area contributed by atoms with E-state index in [-0.39, 0.29) is 12.2 Å². The molecule has 0 aliphatic carbocycles. The molecule has 7 nitrogen and oxygen atoms in total. The highest BCUT2D eigenvalue weighted by Gasteiger charge is 2.18. The van der Waals surface area contributed by atoms with Crippen LogP contribution in [-0.2, 0) is 19.6 Å². The van der Waals surface area contributed by atoms with E-state index in [1.807, 2.05) is 0 Å². The van der Waals surface area contributed by atoms with Crippen LogP contribution < -0.4 is 4.72 Å². The number of carbonyl (C=O) groups excluding carboxylic acids is 1. The van der Waals surface area contributed by atoms with E-state index in [9.17, 15) is 13.2 Å². The quantitative estimate of drug-likeness (QED) is 0.699. The van der Waals surface area contributed by atoms with Crippen LogP contribution in [0.1, 0.15) is 25.2 Å². The Bertz CT molecular complexity index is 455. The van der Waals surface area contributed by atoms with Gasteiger partial charge in [0.1, 0.15) is 5.82 Å². The number of H-pyrrole nitrogens is 1. The molecular weight excluding hydrogens is 246 g/mol. The lowest BCUT2D eigenvalue weighted by Gasteiger charge is -2.11. The van der Waals surface area contributed by atoms with Crippen molar-refractivity contribution in [2.24, 2.45) is 0 Å². The first-order valence-corrected chi connectivity index (χ1v) is 6.66. The summed E-state index contributed by atoms with van der Waals surface area (Å²) in [6.45, 7) is 1.66. The molecule has 0 aliphatic rings. The number of aromatic amines is 1. The second-order valence-corrected chi connectivity index (χ2v) is 5.33. The smallest absolute Gasteiger partial charge is 0.306 e. The summed E-state index contributed by atoms with van der Waals surface area (Å²) in [6, 6.07) is -0.465. The maximum atomic E-state index is 11.6. The number of rotatable bonds is 6. The number of carbonyl (C=O) groups is 1. The molecule has 0 bridgehead atoms. The molecule has 0 amide bonds. The molecule has 0 aromatic carbocycles. The predicted molar refractivity (Wildman–Crippen MR) is 60.6 cm³/mol. The van der Waals surface area contributed by atoms with Gasteiger partial charge in [0.05, 0.1) is 25.3 Å². The maximum Gasteiger partial charge on any atom is 0.306 e. The van der Waals surface area contributed by atoms with E-state index < -0.39 is 22.0 Å². The zero-order valence-electron chi connectivity index (χ0n) is 9.63. The second-order valence-electron chi connectivity index (χ2n) is 3.46. The molecule has 1 atom stereocenters. The minimum Gasteiger partial charge on any atom is -0.469 e. The fraction of sp³-hybridized carbons (Fsp3) is 0.556. The van der Waals surface area contributed by atoms with Gasteiger partial charge >= 0.3 is 5.97 Å². The van der Waals surface area contributed by atoms with Crippen molar-refractivity contribution in [3.05, 3.63) is 18.2 Å². The molecule has 17 heavy (non-hydrogen) atoms. The normalized spacial score (nSPS) is 13.3. The van der Waals surface area contributed by atoms with Crippen LogP contribution in [-0.4, -0.2) is 37.2 Å². The van der Waals surface area contributed by atoms with Gasteiger partial charge in [-0.1, -0.05) is 0 Å². The Morgan fingerprint density at radius 1 is 1.65 bits per heavy atom. The largest absolute Gasteiger partial charge is 0.469 e. The molecule has 0 fully saturated rings. The number of hydrogen-bond donors (Lipinski definition) is 2. The Morgan fingerprint density at radius 2 is 2.35 bits per heavy atom. The molecular formula is C9H15N3O4S. The molecule has 0 saturated carbocycles. The summed E-state index contributed by atoms with van der Waals surface area (Å²) in [5.41, 5.74) is 0. The van der Waals surface area contributed by atoms with E-state index >= 15 is 0 Å². The molecule has 1 aromatic heterocycles. The lowest BCUT2D eigenvalue weighted by atomic mass is 10.3. The van der Waals surface area contributed by atoms with Crippen LogP contribution in [0, 0.1) is 0 Å². The number of methoxy groups -OCH3 is 1. The van der Waals surface area contributed by atoms with Gasteiger partial charge in [0.15, 0.2) is 0 Å². The summed E-state index contributed by atoms with van der Waals surface area (Å²) in [6.07, 6.45) is 2.97. The standard InChI is InChI=1S/C9H15N3O4S/c1-7(9-10-4-5-11-9)12-17(14,15)6-3-8(13)16-2/h4-5,7,12H,3,6H2,1-2H3,(H,10,11). The van der Waals surface area contributed by atoms with Crippen molar-refractivity contribution < 1.29 is 17.9 Å². The lowest BCUT2D eigenvalue weighted by molar-refractivity contribution is -0.140. The molecule has 1 aromatic rings. The highest BCUT2D eigenvalue weighted by Crippen LogP contribution is 2.07. The molecule has 0 spiro atoms. The number of esters is 1. The van der Waals surface area contributed by atoms with E-state index in [0.29, 0.717) is 5.82 Å². The first kappa shape index (κ1) is 13.7. The van der Waals surface area contributed by atoms with Gasteiger partial charge in [0, 0.05) is 12.4 Å². The van der Waals surface area contributed by atoms with Crippen LogP contribution >= 0.6 is 0 Å². The van der Waals surface area contributed by atoms with E-state index in [0.717, 1.165) is 0 Å².